The van der Waals surface area contributed by atoms with E-state index in [1.54, 1.807) is 6.92 Å². The van der Waals surface area contributed by atoms with Crippen molar-refractivity contribution >= 4 is 51.6 Å². The van der Waals surface area contributed by atoms with E-state index in [4.69, 9.17) is 4.74 Å². The Morgan fingerprint density at radius 3 is 2.45 bits per heavy atom. The summed E-state index contributed by atoms with van der Waals surface area (Å²) >= 11 is 2.70. The Morgan fingerprint density at radius 2 is 1.72 bits per heavy atom. The van der Waals surface area contributed by atoms with Crippen LogP contribution < -0.4 is 10.6 Å². The van der Waals surface area contributed by atoms with E-state index >= 15 is 0 Å². The summed E-state index contributed by atoms with van der Waals surface area (Å²) in [5.74, 6) is -0.461. The van der Waals surface area contributed by atoms with Crippen LogP contribution in [0.3, 0.4) is 0 Å². The number of thiophene rings is 1. The maximum absolute atomic E-state index is 12.4. The molecule has 2 N–H and O–H groups in total. The lowest BCUT2D eigenvalue weighted by molar-refractivity contribution is -0.114. The van der Waals surface area contributed by atoms with Crippen LogP contribution in [-0.2, 0) is 27.2 Å². The number of rotatable bonds is 8. The van der Waals surface area contributed by atoms with Crippen molar-refractivity contribution in [2.24, 2.45) is 0 Å². The first-order chi connectivity index (χ1) is 14.1. The molecule has 0 saturated heterocycles. The maximum Gasteiger partial charge on any atom is 0.341 e. The number of amides is 2. The Bertz CT molecular complexity index is 880. The second kappa shape index (κ2) is 10.5. The van der Waals surface area contributed by atoms with Crippen LogP contribution in [0.2, 0.25) is 0 Å². The van der Waals surface area contributed by atoms with Gasteiger partial charge in [-0.1, -0.05) is 18.2 Å². The molecular weight excluding hydrogens is 408 g/mol. The normalized spacial score (nSPS) is 12.7. The van der Waals surface area contributed by atoms with E-state index in [1.165, 1.54) is 23.1 Å². The van der Waals surface area contributed by atoms with Gasteiger partial charge in [0, 0.05) is 10.6 Å². The van der Waals surface area contributed by atoms with E-state index in [0.29, 0.717) is 17.2 Å². The quantitative estimate of drug-likeness (QED) is 0.613. The predicted octanol–water partition coefficient (Wildman–Crippen LogP) is 4.11. The molecule has 1 aromatic carbocycles. The van der Waals surface area contributed by atoms with E-state index in [9.17, 15) is 14.4 Å². The highest BCUT2D eigenvalue weighted by molar-refractivity contribution is 8.00. The third-order valence-electron chi connectivity index (χ3n) is 4.43. The maximum atomic E-state index is 12.4. The van der Waals surface area contributed by atoms with Crippen LogP contribution in [0.1, 0.15) is 40.6 Å². The molecule has 154 valence electrons. The number of hydrogen-bond acceptors (Lipinski definition) is 6. The summed E-state index contributed by atoms with van der Waals surface area (Å²) in [6, 6.07) is 9.19. The molecule has 0 radical (unpaired) electrons. The summed E-state index contributed by atoms with van der Waals surface area (Å²) in [5.41, 5.74) is 2.25. The SMILES string of the molecule is CCOC(=O)c1c(NC(=O)CSCC(=O)Nc2ccccc2)sc2c1CCCC2. The zero-order valence-electron chi connectivity index (χ0n) is 16.3. The van der Waals surface area contributed by atoms with Gasteiger partial charge in [0.25, 0.3) is 0 Å². The zero-order chi connectivity index (χ0) is 20.6. The minimum Gasteiger partial charge on any atom is -0.462 e. The van der Waals surface area contributed by atoms with Gasteiger partial charge in [-0.25, -0.2) is 4.79 Å². The Labute approximate surface area is 178 Å². The summed E-state index contributed by atoms with van der Waals surface area (Å²) in [5, 5.41) is 6.21. The number of nitrogens with one attached hydrogen (secondary N) is 2. The topological polar surface area (TPSA) is 84.5 Å². The van der Waals surface area contributed by atoms with Gasteiger partial charge in [-0.15, -0.1) is 23.1 Å². The number of benzene rings is 1. The van der Waals surface area contributed by atoms with Gasteiger partial charge >= 0.3 is 5.97 Å². The summed E-state index contributed by atoms with van der Waals surface area (Å²) in [7, 11) is 0. The Balaban J connectivity index is 1.55. The molecule has 0 aliphatic heterocycles. The van der Waals surface area contributed by atoms with Crippen molar-refractivity contribution in [2.45, 2.75) is 32.6 Å². The van der Waals surface area contributed by atoms with Gasteiger partial charge in [0.05, 0.1) is 23.7 Å². The number of carbonyl (C=O) groups excluding carboxylic acids is 3. The molecule has 0 bridgehead atoms. The lowest BCUT2D eigenvalue weighted by Gasteiger charge is -2.12. The Morgan fingerprint density at radius 1 is 1.03 bits per heavy atom. The van der Waals surface area contributed by atoms with Crippen molar-refractivity contribution < 1.29 is 19.1 Å². The molecule has 3 rings (SSSR count). The van der Waals surface area contributed by atoms with Crippen molar-refractivity contribution in [3.63, 3.8) is 0 Å². The van der Waals surface area contributed by atoms with Crippen molar-refractivity contribution in [3.8, 4) is 0 Å². The number of hydrogen-bond donors (Lipinski definition) is 2. The highest BCUT2D eigenvalue weighted by Crippen LogP contribution is 2.38. The summed E-state index contributed by atoms with van der Waals surface area (Å²) in [6.45, 7) is 2.06. The molecule has 6 nitrogen and oxygen atoms in total. The molecule has 0 atom stereocenters. The largest absolute Gasteiger partial charge is 0.462 e. The number of anilines is 2. The van der Waals surface area contributed by atoms with Crippen LogP contribution in [0.15, 0.2) is 30.3 Å². The van der Waals surface area contributed by atoms with E-state index in [2.05, 4.69) is 10.6 Å². The average Bonchev–Trinajstić information content (AvgIpc) is 3.06. The second-order valence-corrected chi connectivity index (χ2v) is 8.68. The Hall–Kier alpha value is -2.32. The van der Waals surface area contributed by atoms with Gasteiger partial charge in [0.1, 0.15) is 5.00 Å². The van der Waals surface area contributed by atoms with Crippen LogP contribution in [-0.4, -0.2) is 35.9 Å². The van der Waals surface area contributed by atoms with Gasteiger partial charge in [0.2, 0.25) is 11.8 Å². The molecule has 0 fully saturated rings. The van der Waals surface area contributed by atoms with Gasteiger partial charge < -0.3 is 15.4 Å². The molecule has 2 amide bonds. The van der Waals surface area contributed by atoms with E-state index < -0.39 is 0 Å². The number of para-hydroxylation sites is 1. The number of carbonyl (C=O) groups is 3. The molecule has 2 aromatic rings. The highest BCUT2D eigenvalue weighted by Gasteiger charge is 2.27. The van der Waals surface area contributed by atoms with Gasteiger partial charge in [-0.2, -0.15) is 0 Å². The smallest absolute Gasteiger partial charge is 0.341 e. The van der Waals surface area contributed by atoms with E-state index in [1.807, 2.05) is 30.3 Å². The van der Waals surface area contributed by atoms with Crippen LogP contribution in [0, 0.1) is 0 Å². The fourth-order valence-corrected chi connectivity index (χ4v) is 5.10. The van der Waals surface area contributed by atoms with Crippen LogP contribution in [0.5, 0.6) is 0 Å². The number of fused-ring (bicyclic) bond motifs is 1. The van der Waals surface area contributed by atoms with Gasteiger partial charge in [0.15, 0.2) is 0 Å². The minimum atomic E-state index is -0.378. The van der Waals surface area contributed by atoms with Gasteiger partial charge in [-0.3, -0.25) is 9.59 Å². The lowest BCUT2D eigenvalue weighted by Crippen LogP contribution is -2.19. The number of esters is 1. The van der Waals surface area contributed by atoms with Crippen molar-refractivity contribution in [1.82, 2.24) is 0 Å². The van der Waals surface area contributed by atoms with Crippen molar-refractivity contribution in [3.05, 3.63) is 46.3 Å². The molecular formula is C21H24N2O4S2. The molecule has 1 aliphatic carbocycles. The summed E-state index contributed by atoms with van der Waals surface area (Å²) in [4.78, 5) is 38.0. The third-order valence-corrected chi connectivity index (χ3v) is 6.57. The first kappa shape index (κ1) is 21.4. The van der Waals surface area contributed by atoms with Crippen LogP contribution in [0.25, 0.3) is 0 Å². The zero-order valence-corrected chi connectivity index (χ0v) is 17.9. The van der Waals surface area contributed by atoms with Gasteiger partial charge in [-0.05, 0) is 50.3 Å². The van der Waals surface area contributed by atoms with Crippen LogP contribution >= 0.6 is 23.1 Å². The molecule has 29 heavy (non-hydrogen) atoms. The lowest BCUT2D eigenvalue weighted by atomic mass is 9.95. The molecule has 1 heterocycles. The average molecular weight is 433 g/mol. The fourth-order valence-electron chi connectivity index (χ4n) is 3.19. The summed E-state index contributed by atoms with van der Waals surface area (Å²) < 4.78 is 5.20. The Kier molecular flexibility index (Phi) is 7.71. The number of aryl methyl sites for hydroxylation is 1. The third kappa shape index (κ3) is 5.83. The number of ether oxygens (including phenoxy) is 1. The first-order valence-corrected chi connectivity index (χ1v) is 11.6. The highest BCUT2D eigenvalue weighted by atomic mass is 32.2. The standard InChI is InChI=1S/C21H24N2O4S2/c1-2-27-21(26)19-15-10-6-7-11-16(15)29-20(19)23-18(25)13-28-12-17(24)22-14-8-4-3-5-9-14/h3-5,8-9H,2,6-7,10-13H2,1H3,(H,22,24)(H,23,25). The van der Waals surface area contributed by atoms with E-state index in [0.717, 1.165) is 41.8 Å². The molecule has 0 spiro atoms. The van der Waals surface area contributed by atoms with E-state index in [-0.39, 0.29) is 29.3 Å². The molecule has 1 aliphatic rings. The minimum absolute atomic E-state index is 0.132. The monoisotopic (exact) mass is 432 g/mol. The first-order valence-electron chi connectivity index (χ1n) is 9.62. The molecule has 0 saturated carbocycles. The van der Waals surface area contributed by atoms with Crippen molar-refractivity contribution in [2.75, 3.05) is 28.7 Å². The summed E-state index contributed by atoms with van der Waals surface area (Å²) in [6.07, 6.45) is 3.90. The molecule has 0 unspecified atom stereocenters. The predicted molar refractivity (Wildman–Crippen MR) is 118 cm³/mol. The van der Waals surface area contributed by atoms with Crippen molar-refractivity contribution in [1.29, 1.82) is 0 Å². The number of thioether (sulfide) groups is 1. The fraction of sp³-hybridized carbons (Fsp3) is 0.381. The molecule has 1 aromatic heterocycles. The molecule has 8 heteroatoms. The van der Waals surface area contributed by atoms with Crippen LogP contribution in [0.4, 0.5) is 10.7 Å². The second-order valence-electron chi connectivity index (χ2n) is 6.59.